The minimum absolute atomic E-state index is 0.00984. The van der Waals surface area contributed by atoms with Crippen molar-refractivity contribution in [2.45, 2.75) is 58.8 Å². The highest BCUT2D eigenvalue weighted by Crippen LogP contribution is 2.23. The molecule has 9 heteroatoms. The molecule has 0 aliphatic carbocycles. The van der Waals surface area contributed by atoms with Crippen molar-refractivity contribution >= 4 is 23.8 Å². The number of carboxylic acids is 2. The average molecular weight is 387 g/mol. The molecule has 0 aromatic carbocycles. The standard InChI is InChI=1S/C18H33N3O6/c1-18(2,17(26)27)11-7-9-15(23)21(13-12-20(3)4)19-14(22)8-5-6-10-16(24)25/h5-13H2,1-4H3,(H,19,22)(H,24,25)(H,26,27). The fraction of sp³-hybridized carbons (Fsp3) is 0.778. The quantitative estimate of drug-likeness (QED) is 0.321. The van der Waals surface area contributed by atoms with Gasteiger partial charge in [-0.25, -0.2) is 0 Å². The van der Waals surface area contributed by atoms with Gasteiger partial charge in [0.05, 0.1) is 12.0 Å². The number of likely N-dealkylation sites (N-methyl/N-ethyl adjacent to an activating group) is 1. The van der Waals surface area contributed by atoms with Crippen molar-refractivity contribution in [1.29, 1.82) is 0 Å². The topological polar surface area (TPSA) is 127 Å². The van der Waals surface area contributed by atoms with Gasteiger partial charge in [0.25, 0.3) is 0 Å². The summed E-state index contributed by atoms with van der Waals surface area (Å²) in [7, 11) is 3.71. The molecular weight excluding hydrogens is 354 g/mol. The molecule has 0 bridgehead atoms. The van der Waals surface area contributed by atoms with Gasteiger partial charge in [-0.05, 0) is 53.6 Å². The van der Waals surface area contributed by atoms with Crippen molar-refractivity contribution in [1.82, 2.24) is 15.3 Å². The predicted octanol–water partition coefficient (Wildman–Crippen LogP) is 1.33. The van der Waals surface area contributed by atoms with Gasteiger partial charge in [0.1, 0.15) is 0 Å². The maximum Gasteiger partial charge on any atom is 0.309 e. The Morgan fingerprint density at radius 2 is 1.48 bits per heavy atom. The molecule has 3 N–H and O–H groups in total. The molecule has 0 saturated carbocycles. The van der Waals surface area contributed by atoms with Gasteiger partial charge in [0.15, 0.2) is 0 Å². The van der Waals surface area contributed by atoms with Crippen LogP contribution in [-0.4, -0.2) is 71.1 Å². The Labute approximate surface area is 160 Å². The molecule has 27 heavy (non-hydrogen) atoms. The molecule has 0 radical (unpaired) electrons. The van der Waals surface area contributed by atoms with Crippen LogP contribution in [0.5, 0.6) is 0 Å². The van der Waals surface area contributed by atoms with Gasteiger partial charge in [0, 0.05) is 25.8 Å². The summed E-state index contributed by atoms with van der Waals surface area (Å²) >= 11 is 0. The molecule has 0 atom stereocenters. The Hall–Kier alpha value is -2.16. The van der Waals surface area contributed by atoms with E-state index >= 15 is 0 Å². The number of amides is 2. The molecule has 0 aromatic heterocycles. The van der Waals surface area contributed by atoms with Gasteiger partial charge in [-0.15, -0.1) is 0 Å². The fourth-order valence-electron chi connectivity index (χ4n) is 2.23. The Kier molecular flexibility index (Phi) is 11.3. The zero-order valence-electron chi connectivity index (χ0n) is 16.8. The molecule has 0 heterocycles. The van der Waals surface area contributed by atoms with E-state index in [9.17, 15) is 19.2 Å². The van der Waals surface area contributed by atoms with Gasteiger partial charge in [0.2, 0.25) is 11.8 Å². The molecule has 0 fully saturated rings. The van der Waals surface area contributed by atoms with Crippen LogP contribution in [-0.2, 0) is 19.2 Å². The van der Waals surface area contributed by atoms with Crippen LogP contribution in [0.3, 0.4) is 0 Å². The van der Waals surface area contributed by atoms with Crippen LogP contribution in [0.1, 0.15) is 58.8 Å². The zero-order valence-corrected chi connectivity index (χ0v) is 16.8. The lowest BCUT2D eigenvalue weighted by molar-refractivity contribution is -0.148. The molecule has 0 aliphatic rings. The van der Waals surface area contributed by atoms with E-state index in [-0.39, 0.29) is 31.1 Å². The lowest BCUT2D eigenvalue weighted by atomic mass is 9.87. The summed E-state index contributed by atoms with van der Waals surface area (Å²) in [5.74, 6) is -2.41. The van der Waals surface area contributed by atoms with E-state index in [0.717, 1.165) is 0 Å². The van der Waals surface area contributed by atoms with Crippen molar-refractivity contribution < 1.29 is 29.4 Å². The normalized spacial score (nSPS) is 11.3. The van der Waals surface area contributed by atoms with Crippen molar-refractivity contribution in [3.8, 4) is 0 Å². The van der Waals surface area contributed by atoms with Crippen molar-refractivity contribution in [3.63, 3.8) is 0 Å². The number of nitrogens with one attached hydrogen (secondary N) is 1. The maximum absolute atomic E-state index is 12.4. The largest absolute Gasteiger partial charge is 0.481 e. The average Bonchev–Trinajstić information content (AvgIpc) is 2.54. The Bertz CT molecular complexity index is 519. The van der Waals surface area contributed by atoms with Crippen LogP contribution < -0.4 is 5.43 Å². The summed E-state index contributed by atoms with van der Waals surface area (Å²) in [6.07, 6.45) is 1.90. The monoisotopic (exact) mass is 387 g/mol. The number of carbonyl (C=O) groups is 4. The molecule has 0 saturated heterocycles. The summed E-state index contributed by atoms with van der Waals surface area (Å²) in [6, 6.07) is 0. The van der Waals surface area contributed by atoms with Crippen LogP contribution in [0.25, 0.3) is 0 Å². The minimum atomic E-state index is -0.908. The van der Waals surface area contributed by atoms with E-state index in [4.69, 9.17) is 10.2 Å². The number of unbranched alkanes of at least 4 members (excludes halogenated alkanes) is 1. The van der Waals surface area contributed by atoms with Crippen LogP contribution >= 0.6 is 0 Å². The number of carboxylic acid groups (broad SMARTS) is 2. The summed E-state index contributed by atoms with van der Waals surface area (Å²) in [4.78, 5) is 47.9. The molecule has 0 unspecified atom stereocenters. The lowest BCUT2D eigenvalue weighted by Gasteiger charge is -2.25. The first-order valence-electron chi connectivity index (χ1n) is 9.15. The summed E-state index contributed by atoms with van der Waals surface area (Å²) < 4.78 is 0. The molecule has 2 amide bonds. The zero-order chi connectivity index (χ0) is 21.0. The van der Waals surface area contributed by atoms with Crippen LogP contribution in [0.4, 0.5) is 0 Å². The summed E-state index contributed by atoms with van der Waals surface area (Å²) in [5.41, 5.74) is 1.68. The molecule has 0 aromatic rings. The number of aliphatic carboxylic acids is 2. The molecular formula is C18H33N3O6. The molecule has 0 rings (SSSR count). The van der Waals surface area contributed by atoms with E-state index in [2.05, 4.69) is 5.43 Å². The second-order valence-electron chi connectivity index (χ2n) is 7.53. The second-order valence-corrected chi connectivity index (χ2v) is 7.53. The van der Waals surface area contributed by atoms with E-state index in [1.54, 1.807) is 13.8 Å². The highest BCUT2D eigenvalue weighted by atomic mass is 16.4. The van der Waals surface area contributed by atoms with Gasteiger partial charge in [-0.3, -0.25) is 29.6 Å². The first kappa shape index (κ1) is 24.8. The third-order valence-corrected chi connectivity index (χ3v) is 4.15. The van der Waals surface area contributed by atoms with E-state index in [0.29, 0.717) is 38.8 Å². The number of hydrogen-bond donors (Lipinski definition) is 3. The lowest BCUT2D eigenvalue weighted by Crippen LogP contribution is -2.48. The number of hydrazine groups is 1. The van der Waals surface area contributed by atoms with Crippen LogP contribution in [0, 0.1) is 5.41 Å². The highest BCUT2D eigenvalue weighted by Gasteiger charge is 2.27. The van der Waals surface area contributed by atoms with Gasteiger partial charge in [-0.2, -0.15) is 0 Å². The van der Waals surface area contributed by atoms with E-state index < -0.39 is 17.4 Å². The summed E-state index contributed by atoms with van der Waals surface area (Å²) in [6.45, 7) is 4.10. The van der Waals surface area contributed by atoms with Crippen LogP contribution in [0.2, 0.25) is 0 Å². The highest BCUT2D eigenvalue weighted by molar-refractivity contribution is 5.82. The maximum atomic E-state index is 12.4. The number of rotatable bonds is 13. The Balaban J connectivity index is 4.55. The second kappa shape index (κ2) is 12.3. The number of nitrogens with zero attached hydrogens (tertiary/aromatic N) is 2. The number of carbonyl (C=O) groups excluding carboxylic acids is 2. The smallest absolute Gasteiger partial charge is 0.309 e. The Morgan fingerprint density at radius 3 is 2.00 bits per heavy atom. The van der Waals surface area contributed by atoms with Gasteiger partial charge < -0.3 is 15.1 Å². The van der Waals surface area contributed by atoms with E-state index in [1.165, 1.54) is 5.01 Å². The van der Waals surface area contributed by atoms with Gasteiger partial charge >= 0.3 is 11.9 Å². The molecule has 0 aliphatic heterocycles. The van der Waals surface area contributed by atoms with E-state index in [1.807, 2.05) is 19.0 Å². The molecule has 9 nitrogen and oxygen atoms in total. The SMILES string of the molecule is CN(C)CCN(NC(=O)CCCCC(=O)O)C(=O)CCCC(C)(C)C(=O)O. The first-order valence-corrected chi connectivity index (χ1v) is 9.15. The molecule has 156 valence electrons. The third-order valence-electron chi connectivity index (χ3n) is 4.15. The third kappa shape index (κ3) is 12.0. The minimum Gasteiger partial charge on any atom is -0.481 e. The Morgan fingerprint density at radius 1 is 0.889 bits per heavy atom. The van der Waals surface area contributed by atoms with Crippen molar-refractivity contribution in [2.24, 2.45) is 5.41 Å². The van der Waals surface area contributed by atoms with Crippen LogP contribution in [0.15, 0.2) is 0 Å². The predicted molar refractivity (Wildman–Crippen MR) is 99.8 cm³/mol. The molecule has 0 spiro atoms. The van der Waals surface area contributed by atoms with Crippen molar-refractivity contribution in [3.05, 3.63) is 0 Å². The first-order chi connectivity index (χ1) is 12.5. The number of hydrogen-bond acceptors (Lipinski definition) is 5. The van der Waals surface area contributed by atoms with Gasteiger partial charge in [-0.1, -0.05) is 0 Å². The van der Waals surface area contributed by atoms with Crippen molar-refractivity contribution in [2.75, 3.05) is 27.2 Å². The summed E-state index contributed by atoms with van der Waals surface area (Å²) in [5, 5.41) is 19.0. The fourth-order valence-corrected chi connectivity index (χ4v) is 2.23.